The Morgan fingerprint density at radius 1 is 1.24 bits per heavy atom. The molecule has 0 spiro atoms. The number of nitrogens with zero attached hydrogens (tertiary/aromatic N) is 2. The fraction of sp³-hybridized carbons (Fsp3) is 0.368. The maximum Gasteiger partial charge on any atom is 0.262 e. The first-order valence-corrected chi connectivity index (χ1v) is 10.5. The van der Waals surface area contributed by atoms with Crippen molar-refractivity contribution < 1.29 is 4.74 Å². The summed E-state index contributed by atoms with van der Waals surface area (Å²) in [7, 11) is 0. The fourth-order valence-corrected chi connectivity index (χ4v) is 4.25. The lowest BCUT2D eigenvalue weighted by atomic mass is 10.3. The number of para-hydroxylation sites is 1. The zero-order valence-corrected chi connectivity index (χ0v) is 16.2. The highest BCUT2D eigenvalue weighted by atomic mass is 32.2. The molecule has 4 nitrogen and oxygen atoms in total. The van der Waals surface area contributed by atoms with Crippen LogP contribution in [0, 0.1) is 0 Å². The van der Waals surface area contributed by atoms with Gasteiger partial charge in [0, 0.05) is 11.4 Å². The molecule has 3 rings (SSSR count). The predicted molar refractivity (Wildman–Crippen MR) is 106 cm³/mol. The molecule has 6 heteroatoms. The van der Waals surface area contributed by atoms with Crippen molar-refractivity contribution in [3.63, 3.8) is 0 Å². The van der Waals surface area contributed by atoms with Crippen LogP contribution in [0.15, 0.2) is 46.3 Å². The van der Waals surface area contributed by atoms with Crippen molar-refractivity contribution in [3.8, 4) is 5.75 Å². The lowest BCUT2D eigenvalue weighted by molar-refractivity contribution is 0.301. The van der Waals surface area contributed by atoms with E-state index in [1.165, 1.54) is 16.6 Å². The fourth-order valence-electron chi connectivity index (χ4n) is 2.65. The van der Waals surface area contributed by atoms with Gasteiger partial charge in [-0.1, -0.05) is 36.9 Å². The standard InChI is InChI=1S/C19H22N2O2S2/c1-3-15-13-16-17(25-15)20-19(24-2)21(18(16)22)11-7-8-12-23-14-9-5-4-6-10-14/h4-6,9-10,13H,3,7-8,11-12H2,1-2H3. The minimum absolute atomic E-state index is 0.0780. The van der Waals surface area contributed by atoms with Crippen LogP contribution in [0.1, 0.15) is 24.6 Å². The quantitative estimate of drug-likeness (QED) is 0.328. The van der Waals surface area contributed by atoms with E-state index in [0.29, 0.717) is 13.2 Å². The van der Waals surface area contributed by atoms with Crippen molar-refractivity contribution in [1.29, 1.82) is 0 Å². The number of rotatable bonds is 8. The van der Waals surface area contributed by atoms with Crippen molar-refractivity contribution in [3.05, 3.63) is 51.6 Å². The maximum atomic E-state index is 12.8. The smallest absolute Gasteiger partial charge is 0.262 e. The molecule has 132 valence electrons. The molecule has 0 fully saturated rings. The van der Waals surface area contributed by atoms with Crippen LogP contribution >= 0.6 is 23.1 Å². The summed E-state index contributed by atoms with van der Waals surface area (Å²) < 4.78 is 7.52. The van der Waals surface area contributed by atoms with Crippen LogP contribution in [0.3, 0.4) is 0 Å². The molecule has 0 aliphatic heterocycles. The number of hydrogen-bond acceptors (Lipinski definition) is 5. The minimum Gasteiger partial charge on any atom is -0.494 e. The Hall–Kier alpha value is -1.79. The SMILES string of the molecule is CCc1cc2c(=O)n(CCCCOc3ccccc3)c(SC)nc2s1. The van der Waals surface area contributed by atoms with Crippen molar-refractivity contribution in [1.82, 2.24) is 9.55 Å². The summed E-state index contributed by atoms with van der Waals surface area (Å²) in [4.78, 5) is 19.6. The number of thiophene rings is 1. The summed E-state index contributed by atoms with van der Waals surface area (Å²) in [5, 5.41) is 1.55. The van der Waals surface area contributed by atoms with Crippen LogP contribution in [-0.2, 0) is 13.0 Å². The molecule has 0 amide bonds. The van der Waals surface area contributed by atoms with E-state index in [-0.39, 0.29) is 5.56 Å². The van der Waals surface area contributed by atoms with Gasteiger partial charge in [0.15, 0.2) is 5.16 Å². The van der Waals surface area contributed by atoms with Gasteiger partial charge in [-0.05, 0) is 43.7 Å². The minimum atomic E-state index is 0.0780. The number of unbranched alkanes of at least 4 members (excludes halogenated alkanes) is 1. The molecular weight excluding hydrogens is 352 g/mol. The maximum absolute atomic E-state index is 12.8. The molecule has 0 bridgehead atoms. The summed E-state index contributed by atoms with van der Waals surface area (Å²) in [5.74, 6) is 0.887. The van der Waals surface area contributed by atoms with Gasteiger partial charge >= 0.3 is 0 Å². The number of hydrogen-bond donors (Lipinski definition) is 0. The van der Waals surface area contributed by atoms with Gasteiger partial charge < -0.3 is 4.74 Å². The van der Waals surface area contributed by atoms with Crippen LogP contribution in [-0.4, -0.2) is 22.4 Å². The number of thioether (sulfide) groups is 1. The van der Waals surface area contributed by atoms with Crippen molar-refractivity contribution in [2.24, 2.45) is 0 Å². The highest BCUT2D eigenvalue weighted by Crippen LogP contribution is 2.24. The van der Waals surface area contributed by atoms with E-state index in [2.05, 4.69) is 11.9 Å². The van der Waals surface area contributed by atoms with Gasteiger partial charge in [0.2, 0.25) is 0 Å². The summed E-state index contributed by atoms with van der Waals surface area (Å²) >= 11 is 3.15. The molecule has 3 aromatic rings. The Bertz CT molecular complexity index is 888. The van der Waals surface area contributed by atoms with Gasteiger partial charge in [-0.2, -0.15) is 0 Å². The van der Waals surface area contributed by atoms with Crippen molar-refractivity contribution in [2.45, 2.75) is 37.9 Å². The van der Waals surface area contributed by atoms with Gasteiger partial charge in [-0.25, -0.2) is 4.98 Å². The van der Waals surface area contributed by atoms with Crippen LogP contribution in [0.2, 0.25) is 0 Å². The Morgan fingerprint density at radius 2 is 2.04 bits per heavy atom. The van der Waals surface area contributed by atoms with E-state index >= 15 is 0 Å². The number of aryl methyl sites for hydroxylation is 1. The Balaban J connectivity index is 1.66. The summed E-state index contributed by atoms with van der Waals surface area (Å²) in [6.07, 6.45) is 4.69. The molecule has 0 unspecified atom stereocenters. The Kier molecular flexibility index (Phi) is 6.15. The molecule has 0 aliphatic rings. The first-order chi connectivity index (χ1) is 12.2. The summed E-state index contributed by atoms with van der Waals surface area (Å²) in [6.45, 7) is 3.43. The predicted octanol–water partition coefficient (Wildman–Crippen LogP) is 4.60. The second-order valence-corrected chi connectivity index (χ2v) is 7.60. The molecule has 0 atom stereocenters. The number of ether oxygens (including phenoxy) is 1. The average molecular weight is 375 g/mol. The molecule has 1 aromatic carbocycles. The van der Waals surface area contributed by atoms with E-state index in [9.17, 15) is 4.79 Å². The second kappa shape index (κ2) is 8.54. The van der Waals surface area contributed by atoms with Crippen LogP contribution in [0.5, 0.6) is 5.75 Å². The van der Waals surface area contributed by atoms with E-state index in [1.54, 1.807) is 11.3 Å². The Morgan fingerprint density at radius 3 is 2.76 bits per heavy atom. The third-order valence-electron chi connectivity index (χ3n) is 3.99. The van der Waals surface area contributed by atoms with Crippen LogP contribution in [0.25, 0.3) is 10.2 Å². The molecule has 25 heavy (non-hydrogen) atoms. The zero-order chi connectivity index (χ0) is 17.6. The molecule has 0 aliphatic carbocycles. The van der Waals surface area contributed by atoms with E-state index in [1.807, 2.05) is 47.2 Å². The van der Waals surface area contributed by atoms with Gasteiger partial charge in [0.05, 0.1) is 12.0 Å². The van der Waals surface area contributed by atoms with Gasteiger partial charge in [-0.3, -0.25) is 9.36 Å². The summed E-state index contributed by atoms with van der Waals surface area (Å²) in [6, 6.07) is 11.8. The molecule has 0 N–H and O–H groups in total. The van der Waals surface area contributed by atoms with Crippen LogP contribution < -0.4 is 10.3 Å². The number of aromatic nitrogens is 2. The molecule has 0 saturated heterocycles. The molecule has 2 heterocycles. The van der Waals surface area contributed by atoms with E-state index in [0.717, 1.165) is 40.4 Å². The first-order valence-electron chi connectivity index (χ1n) is 8.48. The largest absolute Gasteiger partial charge is 0.494 e. The van der Waals surface area contributed by atoms with Crippen molar-refractivity contribution in [2.75, 3.05) is 12.9 Å². The van der Waals surface area contributed by atoms with E-state index < -0.39 is 0 Å². The molecule has 0 saturated carbocycles. The lowest BCUT2D eigenvalue weighted by Crippen LogP contribution is -2.23. The number of fused-ring (bicyclic) bond motifs is 1. The molecule has 2 aromatic heterocycles. The first kappa shape index (κ1) is 18.0. The average Bonchev–Trinajstić information content (AvgIpc) is 3.07. The molecular formula is C19H22N2O2S2. The third kappa shape index (κ3) is 4.25. The Labute approximate surface area is 155 Å². The lowest BCUT2D eigenvalue weighted by Gasteiger charge is -2.11. The van der Waals surface area contributed by atoms with Crippen molar-refractivity contribution >= 4 is 33.3 Å². The highest BCUT2D eigenvalue weighted by Gasteiger charge is 2.13. The molecule has 0 radical (unpaired) electrons. The van der Waals surface area contributed by atoms with Gasteiger partial charge in [-0.15, -0.1) is 11.3 Å². The van der Waals surface area contributed by atoms with E-state index in [4.69, 9.17) is 4.74 Å². The summed E-state index contributed by atoms with van der Waals surface area (Å²) in [5.41, 5.74) is 0.0780. The normalized spacial score (nSPS) is 11.1. The second-order valence-electron chi connectivity index (χ2n) is 5.71. The highest BCUT2D eigenvalue weighted by molar-refractivity contribution is 7.98. The topological polar surface area (TPSA) is 44.1 Å². The number of benzene rings is 1. The monoisotopic (exact) mass is 374 g/mol. The zero-order valence-electron chi connectivity index (χ0n) is 14.5. The third-order valence-corrected chi connectivity index (χ3v) is 5.84. The van der Waals surface area contributed by atoms with Crippen LogP contribution in [0.4, 0.5) is 0 Å². The van der Waals surface area contributed by atoms with Gasteiger partial charge in [0.25, 0.3) is 5.56 Å². The van der Waals surface area contributed by atoms with Gasteiger partial charge in [0.1, 0.15) is 10.6 Å².